The van der Waals surface area contributed by atoms with E-state index in [1.807, 2.05) is 6.92 Å². The van der Waals surface area contributed by atoms with E-state index in [1.54, 1.807) is 13.2 Å². The normalized spacial score (nSPS) is 10.2. The summed E-state index contributed by atoms with van der Waals surface area (Å²) in [5.41, 5.74) is 6.15. The SMILES string of the molecule is CCCN(CC(=O)OC)C(=O)c1nn(C)cc1N. The molecule has 0 saturated heterocycles. The molecule has 0 spiro atoms. The van der Waals surface area contributed by atoms with Gasteiger partial charge in [0.25, 0.3) is 5.91 Å². The van der Waals surface area contributed by atoms with Crippen molar-refractivity contribution in [1.82, 2.24) is 14.7 Å². The number of rotatable bonds is 5. The molecular weight excluding hydrogens is 236 g/mol. The summed E-state index contributed by atoms with van der Waals surface area (Å²) in [6, 6.07) is 0. The van der Waals surface area contributed by atoms with Crippen LogP contribution in [0.2, 0.25) is 0 Å². The molecule has 0 aliphatic heterocycles. The van der Waals surface area contributed by atoms with Gasteiger partial charge in [0, 0.05) is 19.8 Å². The lowest BCUT2D eigenvalue weighted by Gasteiger charge is -2.19. The highest BCUT2D eigenvalue weighted by Gasteiger charge is 2.22. The summed E-state index contributed by atoms with van der Waals surface area (Å²) < 4.78 is 6.02. The van der Waals surface area contributed by atoms with Gasteiger partial charge in [0.05, 0.1) is 12.8 Å². The fraction of sp³-hybridized carbons (Fsp3) is 0.545. The van der Waals surface area contributed by atoms with Gasteiger partial charge in [0.1, 0.15) is 6.54 Å². The molecule has 0 fully saturated rings. The number of hydrogen-bond acceptors (Lipinski definition) is 5. The molecule has 0 unspecified atom stereocenters. The summed E-state index contributed by atoms with van der Waals surface area (Å²) in [5, 5.41) is 3.99. The number of aryl methyl sites for hydroxylation is 1. The highest BCUT2D eigenvalue weighted by atomic mass is 16.5. The van der Waals surface area contributed by atoms with Crippen LogP contribution in [0, 0.1) is 0 Å². The topological polar surface area (TPSA) is 90.5 Å². The molecule has 0 aliphatic carbocycles. The number of hydrogen-bond donors (Lipinski definition) is 1. The number of methoxy groups -OCH3 is 1. The zero-order chi connectivity index (χ0) is 13.7. The van der Waals surface area contributed by atoms with Crippen molar-refractivity contribution in [3.63, 3.8) is 0 Å². The van der Waals surface area contributed by atoms with Crippen LogP contribution in [-0.2, 0) is 16.6 Å². The average Bonchev–Trinajstić information content (AvgIpc) is 2.66. The lowest BCUT2D eigenvalue weighted by atomic mass is 10.3. The molecule has 1 heterocycles. The lowest BCUT2D eigenvalue weighted by Crippen LogP contribution is -2.37. The zero-order valence-corrected chi connectivity index (χ0v) is 10.8. The van der Waals surface area contributed by atoms with E-state index < -0.39 is 5.97 Å². The number of ether oxygens (including phenoxy) is 1. The molecule has 0 radical (unpaired) electrons. The minimum atomic E-state index is -0.466. The van der Waals surface area contributed by atoms with Crippen LogP contribution >= 0.6 is 0 Å². The molecule has 1 aromatic rings. The second-order valence-corrected chi connectivity index (χ2v) is 3.91. The second kappa shape index (κ2) is 6.04. The fourth-order valence-corrected chi connectivity index (χ4v) is 1.57. The third-order valence-corrected chi connectivity index (χ3v) is 2.39. The third-order valence-electron chi connectivity index (χ3n) is 2.39. The van der Waals surface area contributed by atoms with E-state index in [1.165, 1.54) is 16.7 Å². The first kappa shape index (κ1) is 14.0. The molecular formula is C11H18N4O3. The Morgan fingerprint density at radius 1 is 1.56 bits per heavy atom. The number of nitrogens with two attached hydrogens (primary N) is 1. The quantitative estimate of drug-likeness (QED) is 0.748. The number of anilines is 1. The van der Waals surface area contributed by atoms with Gasteiger partial charge in [-0.15, -0.1) is 0 Å². The Morgan fingerprint density at radius 2 is 2.22 bits per heavy atom. The molecule has 100 valence electrons. The van der Waals surface area contributed by atoms with E-state index in [0.29, 0.717) is 12.2 Å². The Kier molecular flexibility index (Phi) is 4.70. The molecule has 0 saturated carbocycles. The zero-order valence-electron chi connectivity index (χ0n) is 10.8. The Bertz CT molecular complexity index is 441. The second-order valence-electron chi connectivity index (χ2n) is 3.91. The average molecular weight is 254 g/mol. The van der Waals surface area contributed by atoms with Crippen LogP contribution in [0.5, 0.6) is 0 Å². The molecule has 0 atom stereocenters. The molecule has 2 N–H and O–H groups in total. The molecule has 0 aromatic carbocycles. The van der Waals surface area contributed by atoms with Gasteiger partial charge in [-0.1, -0.05) is 6.92 Å². The molecule has 1 aromatic heterocycles. The molecule has 0 bridgehead atoms. The number of carbonyl (C=O) groups is 2. The van der Waals surface area contributed by atoms with Crippen molar-refractivity contribution < 1.29 is 14.3 Å². The van der Waals surface area contributed by atoms with Crippen LogP contribution in [0.15, 0.2) is 6.20 Å². The lowest BCUT2D eigenvalue weighted by molar-refractivity contribution is -0.141. The highest BCUT2D eigenvalue weighted by molar-refractivity contribution is 5.98. The summed E-state index contributed by atoms with van der Waals surface area (Å²) in [7, 11) is 2.96. The van der Waals surface area contributed by atoms with Crippen molar-refractivity contribution >= 4 is 17.6 Å². The number of carbonyl (C=O) groups excluding carboxylic acids is 2. The van der Waals surface area contributed by atoms with Crippen molar-refractivity contribution in [2.45, 2.75) is 13.3 Å². The molecule has 1 rings (SSSR count). The number of aromatic nitrogens is 2. The number of esters is 1. The van der Waals surface area contributed by atoms with Crippen molar-refractivity contribution in [1.29, 1.82) is 0 Å². The Morgan fingerprint density at radius 3 is 2.67 bits per heavy atom. The first-order valence-electron chi connectivity index (χ1n) is 5.64. The smallest absolute Gasteiger partial charge is 0.325 e. The largest absolute Gasteiger partial charge is 0.468 e. The first-order valence-corrected chi connectivity index (χ1v) is 5.64. The van der Waals surface area contributed by atoms with Crippen LogP contribution in [0.25, 0.3) is 0 Å². The maximum Gasteiger partial charge on any atom is 0.325 e. The van der Waals surface area contributed by atoms with Gasteiger partial charge in [-0.05, 0) is 6.42 Å². The predicted molar refractivity (Wildman–Crippen MR) is 65.8 cm³/mol. The fourth-order valence-electron chi connectivity index (χ4n) is 1.57. The number of nitrogen functional groups attached to an aromatic ring is 1. The Labute approximate surface area is 105 Å². The van der Waals surface area contributed by atoms with E-state index in [9.17, 15) is 9.59 Å². The third kappa shape index (κ3) is 3.22. The minimum absolute atomic E-state index is 0.0980. The van der Waals surface area contributed by atoms with E-state index in [0.717, 1.165) is 6.42 Å². The maximum atomic E-state index is 12.2. The van der Waals surface area contributed by atoms with Crippen LogP contribution in [-0.4, -0.2) is 46.8 Å². The van der Waals surface area contributed by atoms with E-state index in [-0.39, 0.29) is 18.1 Å². The van der Waals surface area contributed by atoms with E-state index in [4.69, 9.17) is 5.73 Å². The van der Waals surface area contributed by atoms with Gasteiger partial charge in [-0.3, -0.25) is 14.3 Å². The number of amides is 1. The van der Waals surface area contributed by atoms with Gasteiger partial charge in [-0.25, -0.2) is 0 Å². The van der Waals surface area contributed by atoms with Crippen LogP contribution in [0.1, 0.15) is 23.8 Å². The molecule has 7 heteroatoms. The molecule has 1 amide bonds. The molecule has 7 nitrogen and oxygen atoms in total. The number of nitrogens with zero attached hydrogens (tertiary/aromatic N) is 3. The van der Waals surface area contributed by atoms with Crippen molar-refractivity contribution in [3.8, 4) is 0 Å². The van der Waals surface area contributed by atoms with Gasteiger partial charge in [0.15, 0.2) is 5.69 Å². The minimum Gasteiger partial charge on any atom is -0.468 e. The van der Waals surface area contributed by atoms with Gasteiger partial charge >= 0.3 is 5.97 Å². The van der Waals surface area contributed by atoms with Crippen molar-refractivity contribution in [2.75, 3.05) is 25.9 Å². The van der Waals surface area contributed by atoms with Gasteiger partial charge in [0.2, 0.25) is 0 Å². The predicted octanol–water partition coefficient (Wildman–Crippen LogP) is 0.0275. The summed E-state index contributed by atoms with van der Waals surface area (Å²) in [6.07, 6.45) is 2.28. The highest BCUT2D eigenvalue weighted by Crippen LogP contribution is 2.11. The van der Waals surface area contributed by atoms with Crippen molar-refractivity contribution in [3.05, 3.63) is 11.9 Å². The van der Waals surface area contributed by atoms with Crippen LogP contribution < -0.4 is 5.73 Å². The van der Waals surface area contributed by atoms with E-state index in [2.05, 4.69) is 9.84 Å². The van der Waals surface area contributed by atoms with Crippen LogP contribution in [0.4, 0.5) is 5.69 Å². The Hall–Kier alpha value is -2.05. The monoisotopic (exact) mass is 254 g/mol. The summed E-state index contributed by atoms with van der Waals surface area (Å²) in [4.78, 5) is 24.8. The maximum absolute atomic E-state index is 12.2. The van der Waals surface area contributed by atoms with Crippen LogP contribution in [0.3, 0.4) is 0 Å². The van der Waals surface area contributed by atoms with Gasteiger partial charge < -0.3 is 15.4 Å². The standard InChI is InChI=1S/C11H18N4O3/c1-4-5-15(7-9(16)18-3)11(17)10-8(12)6-14(2)13-10/h6H,4-5,7,12H2,1-3H3. The summed E-state index contributed by atoms with van der Waals surface area (Å²) >= 11 is 0. The van der Waals surface area contributed by atoms with E-state index >= 15 is 0 Å². The Balaban J connectivity index is 2.88. The summed E-state index contributed by atoms with van der Waals surface area (Å²) in [6.45, 7) is 2.27. The van der Waals surface area contributed by atoms with Crippen molar-refractivity contribution in [2.24, 2.45) is 7.05 Å². The first-order chi connectivity index (χ1) is 8.49. The van der Waals surface area contributed by atoms with Gasteiger partial charge in [-0.2, -0.15) is 5.10 Å². The molecule has 18 heavy (non-hydrogen) atoms. The molecule has 0 aliphatic rings. The summed E-state index contributed by atoms with van der Waals surface area (Å²) in [5.74, 6) is -0.827.